The van der Waals surface area contributed by atoms with Crippen molar-refractivity contribution < 1.29 is 4.79 Å². The summed E-state index contributed by atoms with van der Waals surface area (Å²) in [6.45, 7) is 7.52. The van der Waals surface area contributed by atoms with E-state index in [9.17, 15) is 4.79 Å². The Balaban J connectivity index is 3.25. The van der Waals surface area contributed by atoms with Crippen molar-refractivity contribution in [3.8, 4) is 0 Å². The molecule has 17 heavy (non-hydrogen) atoms. The molecule has 0 aliphatic carbocycles. The maximum Gasteiger partial charge on any atom is 0.141 e. The number of carbonyl (C=O) groups excluding carboxylic acids is 1. The third kappa shape index (κ3) is 2.91. The summed E-state index contributed by atoms with van der Waals surface area (Å²) in [5.74, 6) is 0. The van der Waals surface area contributed by atoms with E-state index in [0.29, 0.717) is 16.4 Å². The van der Waals surface area contributed by atoms with Gasteiger partial charge < -0.3 is 4.79 Å². The van der Waals surface area contributed by atoms with Crippen molar-refractivity contribution in [1.29, 1.82) is 0 Å². The molecule has 4 nitrogen and oxygen atoms in total. The lowest BCUT2D eigenvalue weighted by Crippen LogP contribution is -2.05. The third-order valence-corrected chi connectivity index (χ3v) is 2.63. The molecular formula is C12H14ClN3O. The molecule has 1 heterocycles. The fourth-order valence-corrected chi connectivity index (χ4v) is 1.53. The number of aldehydes is 1. The summed E-state index contributed by atoms with van der Waals surface area (Å²) >= 11 is 6.15. The molecule has 1 aromatic heterocycles. The number of halogens is 1. The van der Waals surface area contributed by atoms with Gasteiger partial charge in [-0.05, 0) is 19.9 Å². The summed E-state index contributed by atoms with van der Waals surface area (Å²) in [6.07, 6.45) is 5.80. The molecule has 0 aliphatic rings. The number of hydrogen-bond donors (Lipinski definition) is 0. The van der Waals surface area contributed by atoms with Gasteiger partial charge in [-0.3, -0.25) is 9.67 Å². The highest BCUT2D eigenvalue weighted by Gasteiger charge is 2.15. The molecular weight excluding hydrogens is 238 g/mol. The van der Waals surface area contributed by atoms with E-state index in [-0.39, 0.29) is 6.54 Å². The van der Waals surface area contributed by atoms with Gasteiger partial charge in [0.2, 0.25) is 0 Å². The summed E-state index contributed by atoms with van der Waals surface area (Å²) in [4.78, 5) is 14.7. The molecule has 5 heteroatoms. The number of nitrogens with zero attached hydrogens (tertiary/aromatic N) is 3. The Morgan fingerprint density at radius 1 is 1.65 bits per heavy atom. The average Bonchev–Trinajstić information content (AvgIpc) is 2.60. The van der Waals surface area contributed by atoms with Crippen molar-refractivity contribution in [2.75, 3.05) is 0 Å². The van der Waals surface area contributed by atoms with Crippen molar-refractivity contribution in [1.82, 2.24) is 9.78 Å². The molecule has 0 fully saturated rings. The van der Waals surface area contributed by atoms with E-state index in [1.165, 1.54) is 0 Å². The van der Waals surface area contributed by atoms with Crippen LogP contribution in [0, 0.1) is 6.92 Å². The molecule has 0 bridgehead atoms. The van der Waals surface area contributed by atoms with Gasteiger partial charge in [-0.15, -0.1) is 0 Å². The van der Waals surface area contributed by atoms with Gasteiger partial charge in [0.1, 0.15) is 12.0 Å². The summed E-state index contributed by atoms with van der Waals surface area (Å²) in [5.41, 5.74) is 1.86. The summed E-state index contributed by atoms with van der Waals surface area (Å²) in [5, 5.41) is 4.74. The van der Waals surface area contributed by atoms with Crippen LogP contribution in [0.3, 0.4) is 0 Å². The number of aromatic nitrogens is 2. The Bertz CT molecular complexity index is 486. The molecule has 0 spiro atoms. The van der Waals surface area contributed by atoms with Crippen molar-refractivity contribution in [3.63, 3.8) is 0 Å². The van der Waals surface area contributed by atoms with E-state index < -0.39 is 0 Å². The third-order valence-electron chi connectivity index (χ3n) is 2.18. The zero-order valence-corrected chi connectivity index (χ0v) is 10.6. The first-order valence-electron chi connectivity index (χ1n) is 5.14. The van der Waals surface area contributed by atoms with Crippen LogP contribution in [0.2, 0.25) is 5.02 Å². The van der Waals surface area contributed by atoms with Crippen molar-refractivity contribution in [2.24, 2.45) is 4.99 Å². The average molecular weight is 252 g/mol. The Kier molecular flexibility index (Phi) is 4.84. The van der Waals surface area contributed by atoms with Crippen LogP contribution in [-0.2, 0) is 11.3 Å². The lowest BCUT2D eigenvalue weighted by atomic mass is 10.2. The Labute approximate surface area is 105 Å². The largest absolute Gasteiger partial charge is 0.301 e. The van der Waals surface area contributed by atoms with Gasteiger partial charge in [-0.2, -0.15) is 5.10 Å². The van der Waals surface area contributed by atoms with Crippen molar-refractivity contribution in [3.05, 3.63) is 41.3 Å². The minimum Gasteiger partial charge on any atom is -0.301 e. The van der Waals surface area contributed by atoms with Crippen molar-refractivity contribution in [2.45, 2.75) is 20.4 Å². The highest BCUT2D eigenvalue weighted by molar-refractivity contribution is 6.35. The summed E-state index contributed by atoms with van der Waals surface area (Å²) < 4.78 is 1.54. The summed E-state index contributed by atoms with van der Waals surface area (Å²) in [7, 11) is 0. The Morgan fingerprint density at radius 3 is 2.88 bits per heavy atom. The zero-order valence-electron chi connectivity index (χ0n) is 9.85. The number of rotatable bonds is 5. The number of aliphatic imine (C=N–C) groups is 1. The van der Waals surface area contributed by atoms with Crippen LogP contribution in [0.1, 0.15) is 18.3 Å². The van der Waals surface area contributed by atoms with E-state index in [1.54, 1.807) is 30.0 Å². The van der Waals surface area contributed by atoms with Crippen LogP contribution in [-0.4, -0.2) is 21.8 Å². The lowest BCUT2D eigenvalue weighted by Gasteiger charge is -1.95. The second-order valence-electron chi connectivity index (χ2n) is 3.30. The first kappa shape index (κ1) is 13.4. The number of allylic oxidation sites excluding steroid dienone is 2. The van der Waals surface area contributed by atoms with Gasteiger partial charge in [-0.1, -0.05) is 24.3 Å². The Morgan fingerprint density at radius 2 is 2.35 bits per heavy atom. The SMILES string of the molecule is C=CC(=N/C=C\C)c1nn(CC=O)c(C)c1Cl. The topological polar surface area (TPSA) is 47.2 Å². The van der Waals surface area contributed by atoms with E-state index in [1.807, 2.05) is 6.92 Å². The van der Waals surface area contributed by atoms with Crippen LogP contribution in [0.5, 0.6) is 0 Å². The number of carbonyl (C=O) groups is 1. The molecule has 1 aromatic rings. The minimum absolute atomic E-state index is 0.180. The standard InChI is InChI=1S/C12H14ClN3O/c1-4-6-14-10(5-2)12-11(13)9(3)16(15-12)7-8-17/h4-6,8H,2,7H2,1,3H3/b6-4-,14-10?. The van der Waals surface area contributed by atoms with Crippen LogP contribution in [0.15, 0.2) is 29.9 Å². The predicted octanol–water partition coefficient (Wildman–Crippen LogP) is 2.55. The van der Waals surface area contributed by atoms with Crippen LogP contribution in [0.4, 0.5) is 0 Å². The minimum atomic E-state index is 0.180. The lowest BCUT2D eigenvalue weighted by molar-refractivity contribution is -0.108. The van der Waals surface area contributed by atoms with Gasteiger partial charge in [0, 0.05) is 6.20 Å². The maximum absolute atomic E-state index is 10.5. The fraction of sp³-hybridized carbons (Fsp3) is 0.250. The normalized spacial score (nSPS) is 12.1. The fourth-order valence-electron chi connectivity index (χ4n) is 1.30. The zero-order chi connectivity index (χ0) is 12.8. The van der Waals surface area contributed by atoms with Gasteiger partial charge in [0.15, 0.2) is 0 Å². The second kappa shape index (κ2) is 6.15. The van der Waals surface area contributed by atoms with Crippen LogP contribution < -0.4 is 0 Å². The molecule has 0 aliphatic heterocycles. The van der Waals surface area contributed by atoms with Crippen molar-refractivity contribution >= 4 is 23.6 Å². The van der Waals surface area contributed by atoms with E-state index in [4.69, 9.17) is 11.6 Å². The van der Waals surface area contributed by atoms with E-state index in [2.05, 4.69) is 16.7 Å². The molecule has 0 amide bonds. The van der Waals surface area contributed by atoms with Crippen LogP contribution >= 0.6 is 11.6 Å². The highest BCUT2D eigenvalue weighted by Crippen LogP contribution is 2.21. The molecule has 0 N–H and O–H groups in total. The Hall–Kier alpha value is -1.68. The monoisotopic (exact) mass is 251 g/mol. The summed E-state index contributed by atoms with van der Waals surface area (Å²) in [6, 6.07) is 0. The molecule has 0 radical (unpaired) electrons. The molecule has 90 valence electrons. The second-order valence-corrected chi connectivity index (χ2v) is 3.68. The molecule has 1 rings (SSSR count). The predicted molar refractivity (Wildman–Crippen MR) is 69.6 cm³/mol. The van der Waals surface area contributed by atoms with E-state index >= 15 is 0 Å². The smallest absolute Gasteiger partial charge is 0.141 e. The quantitative estimate of drug-likeness (QED) is 0.596. The first-order chi connectivity index (χ1) is 8.15. The van der Waals surface area contributed by atoms with Gasteiger partial charge >= 0.3 is 0 Å². The van der Waals surface area contributed by atoms with Gasteiger partial charge in [-0.25, -0.2) is 0 Å². The molecule has 0 unspecified atom stereocenters. The highest BCUT2D eigenvalue weighted by atomic mass is 35.5. The van der Waals surface area contributed by atoms with Gasteiger partial charge in [0.05, 0.1) is 23.0 Å². The van der Waals surface area contributed by atoms with Gasteiger partial charge in [0.25, 0.3) is 0 Å². The molecule has 0 saturated heterocycles. The molecule has 0 saturated carbocycles. The molecule has 0 atom stereocenters. The first-order valence-corrected chi connectivity index (χ1v) is 5.51. The maximum atomic E-state index is 10.5. The number of hydrogen-bond acceptors (Lipinski definition) is 3. The van der Waals surface area contributed by atoms with Crippen LogP contribution in [0.25, 0.3) is 0 Å². The van der Waals surface area contributed by atoms with E-state index in [0.717, 1.165) is 12.0 Å². The molecule has 0 aromatic carbocycles.